The lowest BCUT2D eigenvalue weighted by Crippen LogP contribution is -2.83. The number of hydrogen-bond acceptors (Lipinski definition) is 10. The van der Waals surface area contributed by atoms with Crippen LogP contribution in [-0.2, 0) is 47.5 Å². The Hall–Kier alpha value is -2.27. The minimum absolute atomic E-state index is 0.107. The van der Waals surface area contributed by atoms with Crippen LogP contribution in [0.3, 0.4) is 0 Å². The van der Waals surface area contributed by atoms with E-state index in [4.69, 9.17) is 33.2 Å². The summed E-state index contributed by atoms with van der Waals surface area (Å²) < 4.78 is 44.0. The van der Waals surface area contributed by atoms with Crippen LogP contribution in [0.4, 0.5) is 0 Å². The smallest absolute Gasteiger partial charge is 0.335 e. The summed E-state index contributed by atoms with van der Waals surface area (Å²) in [5.41, 5.74) is -1.53. The van der Waals surface area contributed by atoms with Gasteiger partial charge in [0.2, 0.25) is 6.29 Å². The van der Waals surface area contributed by atoms with Gasteiger partial charge < -0.3 is 33.2 Å². The molecule has 4 heterocycles. The van der Waals surface area contributed by atoms with Crippen molar-refractivity contribution in [2.45, 2.75) is 117 Å². The van der Waals surface area contributed by atoms with Crippen LogP contribution >= 0.6 is 0 Å². The molecule has 6 unspecified atom stereocenters. The van der Waals surface area contributed by atoms with Crippen molar-refractivity contribution in [2.24, 2.45) is 28.6 Å². The second-order valence-electron chi connectivity index (χ2n) is 13.4. The summed E-state index contributed by atoms with van der Waals surface area (Å²) in [6.07, 6.45) is 2.98. The Labute approximate surface area is 247 Å². The van der Waals surface area contributed by atoms with Gasteiger partial charge in [-0.3, -0.25) is 4.79 Å². The van der Waals surface area contributed by atoms with Crippen LogP contribution < -0.4 is 0 Å². The van der Waals surface area contributed by atoms with Crippen molar-refractivity contribution in [3.63, 3.8) is 0 Å². The molecule has 0 aromatic rings. The fourth-order valence-corrected chi connectivity index (χ4v) is 8.97. The highest BCUT2D eigenvalue weighted by molar-refractivity contribution is 5.88. The number of rotatable bonds is 6. The third-order valence-electron chi connectivity index (χ3n) is 11.7. The Morgan fingerprint density at radius 1 is 0.929 bits per heavy atom. The molecular formula is C32H44O10. The zero-order chi connectivity index (χ0) is 30.2. The van der Waals surface area contributed by atoms with Gasteiger partial charge in [0, 0.05) is 41.7 Å². The molecular weight excluding hydrogens is 544 g/mol. The number of carbonyl (C=O) groups is 3. The molecule has 0 N–H and O–H groups in total. The average Bonchev–Trinajstić information content (AvgIpc) is 3.65. The summed E-state index contributed by atoms with van der Waals surface area (Å²) in [4.78, 5) is 39.1. The van der Waals surface area contributed by atoms with Gasteiger partial charge >= 0.3 is 17.9 Å². The topological polar surface area (TPSA) is 116 Å². The van der Waals surface area contributed by atoms with Gasteiger partial charge in [-0.2, -0.15) is 0 Å². The summed E-state index contributed by atoms with van der Waals surface area (Å²) in [6, 6.07) is 0. The number of hydrogen-bond donors (Lipinski definition) is 0. The highest BCUT2D eigenvalue weighted by Gasteiger charge is 2.85. The Balaban J connectivity index is 1.48. The molecule has 0 aromatic heterocycles. The maximum absolute atomic E-state index is 13.3. The minimum atomic E-state index is -1.07. The van der Waals surface area contributed by atoms with Crippen LogP contribution in [0.15, 0.2) is 23.3 Å². The van der Waals surface area contributed by atoms with Crippen molar-refractivity contribution in [3.8, 4) is 0 Å². The predicted molar refractivity (Wildman–Crippen MR) is 147 cm³/mol. The molecule has 0 radical (unpaired) electrons. The SMILES string of the molecule is C/C=C(\C)C(=O)OC1C(OC(C)=O)[C@]23CO[C@]24CC(C[C@H]3[C@](C)(C2C[C@H]3CCOC3O2)[C@H]1C)OC4OC(=O)/C(C)=C/C. The number of fused-ring (bicyclic) bond motifs is 2. The number of carbonyl (C=O) groups excluding carboxylic acids is 3. The van der Waals surface area contributed by atoms with Crippen molar-refractivity contribution < 1.29 is 47.5 Å². The van der Waals surface area contributed by atoms with Crippen LogP contribution in [0, 0.1) is 28.6 Å². The van der Waals surface area contributed by atoms with Gasteiger partial charge in [0.1, 0.15) is 17.8 Å². The summed E-state index contributed by atoms with van der Waals surface area (Å²) >= 11 is 0. The van der Waals surface area contributed by atoms with Crippen LogP contribution in [-0.4, -0.2) is 73.7 Å². The van der Waals surface area contributed by atoms with Gasteiger partial charge in [-0.15, -0.1) is 0 Å². The van der Waals surface area contributed by atoms with E-state index in [0.717, 1.165) is 12.8 Å². The number of ether oxygens (including phenoxy) is 7. The largest absolute Gasteiger partial charge is 0.458 e. The summed E-state index contributed by atoms with van der Waals surface area (Å²) in [5.74, 6) is -1.49. The van der Waals surface area contributed by atoms with E-state index in [9.17, 15) is 14.4 Å². The van der Waals surface area contributed by atoms with E-state index in [0.29, 0.717) is 36.5 Å². The first kappa shape index (κ1) is 29.8. The highest BCUT2D eigenvalue weighted by atomic mass is 16.7. The van der Waals surface area contributed by atoms with Crippen LogP contribution in [0.25, 0.3) is 0 Å². The maximum atomic E-state index is 13.3. The first-order valence-corrected chi connectivity index (χ1v) is 15.3. The van der Waals surface area contributed by atoms with Gasteiger partial charge in [-0.05, 0) is 52.9 Å². The third-order valence-corrected chi connectivity index (χ3v) is 11.7. The predicted octanol–water partition coefficient (Wildman–Crippen LogP) is 4.00. The van der Waals surface area contributed by atoms with Crippen molar-refractivity contribution in [3.05, 3.63) is 23.3 Å². The lowest BCUT2D eigenvalue weighted by Gasteiger charge is -2.72. The Bertz CT molecular complexity index is 1200. The van der Waals surface area contributed by atoms with E-state index in [-0.39, 0.29) is 36.9 Å². The molecule has 6 rings (SSSR count). The molecule has 232 valence electrons. The van der Waals surface area contributed by atoms with E-state index >= 15 is 0 Å². The van der Waals surface area contributed by atoms with Crippen molar-refractivity contribution in [2.75, 3.05) is 13.2 Å². The van der Waals surface area contributed by atoms with E-state index < -0.39 is 52.8 Å². The molecule has 2 spiro atoms. The van der Waals surface area contributed by atoms with E-state index in [1.54, 1.807) is 39.8 Å². The Morgan fingerprint density at radius 2 is 1.62 bits per heavy atom. The zero-order valence-corrected chi connectivity index (χ0v) is 25.7. The van der Waals surface area contributed by atoms with Crippen LogP contribution in [0.2, 0.25) is 0 Å². The fraction of sp³-hybridized carbons (Fsp3) is 0.781. The Kier molecular flexibility index (Phi) is 7.39. The molecule has 4 saturated heterocycles. The van der Waals surface area contributed by atoms with Crippen LogP contribution in [0.5, 0.6) is 0 Å². The molecule has 2 aliphatic carbocycles. The molecule has 12 atom stereocenters. The van der Waals surface area contributed by atoms with E-state index in [2.05, 4.69) is 13.8 Å². The first-order chi connectivity index (χ1) is 19.9. The van der Waals surface area contributed by atoms with Gasteiger partial charge in [0.25, 0.3) is 0 Å². The Morgan fingerprint density at radius 3 is 2.21 bits per heavy atom. The second kappa shape index (κ2) is 10.4. The number of allylic oxidation sites excluding steroid dienone is 2. The molecule has 0 amide bonds. The lowest BCUT2D eigenvalue weighted by molar-refractivity contribution is -0.403. The monoisotopic (exact) mass is 588 g/mol. The molecule has 42 heavy (non-hydrogen) atoms. The molecule has 2 saturated carbocycles. The van der Waals surface area contributed by atoms with Gasteiger partial charge in [-0.25, -0.2) is 9.59 Å². The summed E-state index contributed by atoms with van der Waals surface area (Å²) in [6.45, 7) is 13.5. The molecule has 6 fully saturated rings. The third kappa shape index (κ3) is 4.01. The lowest BCUT2D eigenvalue weighted by atomic mass is 9.39. The number of esters is 3. The fourth-order valence-electron chi connectivity index (χ4n) is 8.97. The molecule has 10 nitrogen and oxygen atoms in total. The quantitative estimate of drug-likeness (QED) is 0.256. The van der Waals surface area contributed by atoms with E-state index in [1.165, 1.54) is 6.92 Å². The normalized spacial score (nSPS) is 47.5. The molecule has 6 aliphatic rings. The molecule has 4 aliphatic heterocycles. The molecule has 2 bridgehead atoms. The first-order valence-electron chi connectivity index (χ1n) is 15.3. The standard InChI is InChI=1S/C32H44O10/c1-8-16(3)26(34)41-24-18(5)30(7,23-12-20-10-11-36-28(20)40-23)22-13-21-14-32(29(39-21)42-27(35)17(4)9-2)31(22,15-37-32)25(24)38-19(6)33/h8-9,18,20-25,28-29H,10-15H2,1-7H3/b16-8+,17-9+/t18-,20+,21?,22-,23?,24?,25?,28?,29?,30+,31+,32-/m0/s1. The summed E-state index contributed by atoms with van der Waals surface area (Å²) in [5, 5.41) is 0. The van der Waals surface area contributed by atoms with Gasteiger partial charge in [-0.1, -0.05) is 26.0 Å². The van der Waals surface area contributed by atoms with Crippen molar-refractivity contribution in [1.82, 2.24) is 0 Å². The minimum Gasteiger partial charge on any atom is -0.458 e. The highest BCUT2D eigenvalue weighted by Crippen LogP contribution is 2.74. The average molecular weight is 589 g/mol. The van der Waals surface area contributed by atoms with Gasteiger partial charge in [0.15, 0.2) is 6.29 Å². The maximum Gasteiger partial charge on any atom is 0.335 e. The van der Waals surface area contributed by atoms with Gasteiger partial charge in [0.05, 0.1) is 30.8 Å². The zero-order valence-electron chi connectivity index (χ0n) is 25.7. The van der Waals surface area contributed by atoms with E-state index in [1.807, 2.05) is 0 Å². The summed E-state index contributed by atoms with van der Waals surface area (Å²) in [7, 11) is 0. The molecule has 10 heteroatoms. The van der Waals surface area contributed by atoms with Crippen LogP contribution in [0.1, 0.15) is 74.1 Å². The molecule has 0 aromatic carbocycles. The van der Waals surface area contributed by atoms with Crippen molar-refractivity contribution in [1.29, 1.82) is 0 Å². The second-order valence-corrected chi connectivity index (χ2v) is 13.4. The van der Waals surface area contributed by atoms with Crippen molar-refractivity contribution >= 4 is 17.9 Å².